The predicted octanol–water partition coefficient (Wildman–Crippen LogP) is 0.696. The van der Waals surface area contributed by atoms with Crippen LogP contribution in [0, 0.1) is 13.8 Å². The predicted molar refractivity (Wildman–Crippen MR) is 56.8 cm³/mol. The molecule has 1 N–H and O–H groups in total. The lowest BCUT2D eigenvalue weighted by Gasteiger charge is -2.24. The molecule has 5 heteroatoms. The number of carbonyl (C=O) groups excluding carboxylic acids is 1. The van der Waals surface area contributed by atoms with Gasteiger partial charge in [-0.1, -0.05) is 0 Å². The van der Waals surface area contributed by atoms with Crippen molar-refractivity contribution in [3.8, 4) is 0 Å². The Kier molecular flexibility index (Phi) is 2.52. The van der Waals surface area contributed by atoms with Gasteiger partial charge in [-0.05, 0) is 13.8 Å². The zero-order chi connectivity index (χ0) is 10.1. The van der Waals surface area contributed by atoms with Crippen molar-refractivity contribution in [2.24, 2.45) is 0 Å². The van der Waals surface area contributed by atoms with Gasteiger partial charge in [0.2, 0.25) is 5.91 Å². The van der Waals surface area contributed by atoms with Gasteiger partial charge in [-0.25, -0.2) is 4.98 Å². The quantitative estimate of drug-likeness (QED) is 0.743. The van der Waals surface area contributed by atoms with Gasteiger partial charge in [0.1, 0.15) is 0 Å². The van der Waals surface area contributed by atoms with Gasteiger partial charge in [0.15, 0.2) is 5.13 Å². The van der Waals surface area contributed by atoms with Crippen LogP contribution in [0.1, 0.15) is 10.6 Å². The number of thiazole rings is 1. The highest BCUT2D eigenvalue weighted by molar-refractivity contribution is 7.15. The second-order valence-electron chi connectivity index (χ2n) is 3.36. The molecule has 0 bridgehead atoms. The Morgan fingerprint density at radius 2 is 2.29 bits per heavy atom. The molecule has 1 saturated heterocycles. The van der Waals surface area contributed by atoms with Crippen LogP contribution >= 0.6 is 11.3 Å². The Hall–Kier alpha value is -0.940. The molecule has 4 nitrogen and oxygen atoms in total. The van der Waals surface area contributed by atoms with Crippen molar-refractivity contribution in [2.45, 2.75) is 13.8 Å². The Labute approximate surface area is 86.9 Å². The molecule has 0 saturated carbocycles. The topological polar surface area (TPSA) is 45.2 Å². The molecule has 2 heterocycles. The molecule has 14 heavy (non-hydrogen) atoms. The Morgan fingerprint density at radius 3 is 2.86 bits per heavy atom. The molecule has 0 spiro atoms. The third-order valence-corrected chi connectivity index (χ3v) is 3.43. The molecule has 0 aromatic carbocycles. The van der Waals surface area contributed by atoms with Gasteiger partial charge in [-0.3, -0.25) is 9.69 Å². The number of aromatic nitrogens is 1. The molecule has 1 aromatic heterocycles. The van der Waals surface area contributed by atoms with Crippen LogP contribution in [-0.2, 0) is 4.79 Å². The van der Waals surface area contributed by atoms with E-state index in [0.717, 1.165) is 23.9 Å². The first-order chi connectivity index (χ1) is 6.68. The summed E-state index contributed by atoms with van der Waals surface area (Å²) in [4.78, 5) is 18.9. The van der Waals surface area contributed by atoms with Crippen molar-refractivity contribution in [3.05, 3.63) is 10.6 Å². The van der Waals surface area contributed by atoms with E-state index in [1.54, 1.807) is 16.2 Å². The maximum absolute atomic E-state index is 11.5. The first kappa shape index (κ1) is 9.61. The van der Waals surface area contributed by atoms with Crippen LogP contribution in [0.3, 0.4) is 0 Å². The van der Waals surface area contributed by atoms with E-state index in [0.29, 0.717) is 6.54 Å². The molecule has 1 aliphatic rings. The number of anilines is 1. The monoisotopic (exact) mass is 211 g/mol. The number of hydrogen-bond acceptors (Lipinski definition) is 4. The second kappa shape index (κ2) is 3.67. The molecule has 1 aromatic rings. The van der Waals surface area contributed by atoms with Gasteiger partial charge in [0.25, 0.3) is 0 Å². The lowest BCUT2D eigenvalue weighted by molar-refractivity contribution is -0.118. The van der Waals surface area contributed by atoms with Gasteiger partial charge in [0, 0.05) is 18.0 Å². The van der Waals surface area contributed by atoms with E-state index >= 15 is 0 Å². The SMILES string of the molecule is Cc1nc(N2CCNCC2=O)sc1C. The van der Waals surface area contributed by atoms with Crippen molar-refractivity contribution in [1.82, 2.24) is 10.3 Å². The number of nitrogens with zero attached hydrogens (tertiary/aromatic N) is 2. The minimum Gasteiger partial charge on any atom is -0.307 e. The van der Waals surface area contributed by atoms with Crippen molar-refractivity contribution in [1.29, 1.82) is 0 Å². The van der Waals surface area contributed by atoms with E-state index in [1.165, 1.54) is 4.88 Å². The number of rotatable bonds is 1. The van der Waals surface area contributed by atoms with Gasteiger partial charge in [-0.15, -0.1) is 11.3 Å². The number of nitrogens with one attached hydrogen (secondary N) is 1. The van der Waals surface area contributed by atoms with E-state index in [4.69, 9.17) is 0 Å². The minimum atomic E-state index is 0.116. The molecular formula is C9H13N3OS. The minimum absolute atomic E-state index is 0.116. The number of piperazine rings is 1. The molecule has 1 aliphatic heterocycles. The highest BCUT2D eigenvalue weighted by atomic mass is 32.1. The first-order valence-corrected chi connectivity index (χ1v) is 5.45. The maximum atomic E-state index is 11.5. The molecule has 1 fully saturated rings. The molecule has 0 radical (unpaired) electrons. The van der Waals surface area contributed by atoms with E-state index in [9.17, 15) is 4.79 Å². The summed E-state index contributed by atoms with van der Waals surface area (Å²) in [6.07, 6.45) is 0. The standard InChI is InChI=1S/C9H13N3OS/c1-6-7(2)14-9(11-6)12-4-3-10-5-8(12)13/h10H,3-5H2,1-2H3. The largest absolute Gasteiger partial charge is 0.307 e. The van der Waals surface area contributed by atoms with Gasteiger partial charge in [-0.2, -0.15) is 0 Å². The van der Waals surface area contributed by atoms with Gasteiger partial charge < -0.3 is 5.32 Å². The van der Waals surface area contributed by atoms with Crippen LogP contribution in [0.2, 0.25) is 0 Å². The lowest BCUT2D eigenvalue weighted by atomic mass is 10.4. The first-order valence-electron chi connectivity index (χ1n) is 4.63. The molecular weight excluding hydrogens is 198 g/mol. The number of aryl methyl sites for hydroxylation is 2. The van der Waals surface area contributed by atoms with Crippen LogP contribution in [0.5, 0.6) is 0 Å². The van der Waals surface area contributed by atoms with Crippen molar-refractivity contribution in [3.63, 3.8) is 0 Å². The fourth-order valence-corrected chi connectivity index (χ4v) is 2.33. The van der Waals surface area contributed by atoms with Gasteiger partial charge >= 0.3 is 0 Å². The van der Waals surface area contributed by atoms with Crippen LogP contribution in [0.25, 0.3) is 0 Å². The third kappa shape index (κ3) is 1.65. The van der Waals surface area contributed by atoms with Crippen LogP contribution in [-0.4, -0.2) is 30.5 Å². The average molecular weight is 211 g/mol. The number of carbonyl (C=O) groups is 1. The van der Waals surface area contributed by atoms with Gasteiger partial charge in [0.05, 0.1) is 12.2 Å². The fraction of sp³-hybridized carbons (Fsp3) is 0.556. The summed E-state index contributed by atoms with van der Waals surface area (Å²) in [6, 6.07) is 0. The number of amides is 1. The number of hydrogen-bond donors (Lipinski definition) is 1. The van der Waals surface area contributed by atoms with E-state index < -0.39 is 0 Å². The zero-order valence-corrected chi connectivity index (χ0v) is 9.15. The second-order valence-corrected chi connectivity index (χ2v) is 4.54. The van der Waals surface area contributed by atoms with Crippen LogP contribution in [0.15, 0.2) is 0 Å². The van der Waals surface area contributed by atoms with Crippen molar-refractivity contribution < 1.29 is 4.79 Å². The van der Waals surface area contributed by atoms with E-state index in [1.807, 2.05) is 13.8 Å². The summed E-state index contributed by atoms with van der Waals surface area (Å²) in [5.74, 6) is 0.116. The normalized spacial score (nSPS) is 17.6. The molecule has 76 valence electrons. The van der Waals surface area contributed by atoms with Crippen LogP contribution < -0.4 is 10.2 Å². The molecule has 0 unspecified atom stereocenters. The fourth-order valence-electron chi connectivity index (χ4n) is 1.38. The Morgan fingerprint density at radius 1 is 1.50 bits per heavy atom. The molecule has 0 atom stereocenters. The summed E-state index contributed by atoms with van der Waals surface area (Å²) in [5.41, 5.74) is 1.02. The van der Waals surface area contributed by atoms with Crippen LogP contribution in [0.4, 0.5) is 5.13 Å². The summed E-state index contributed by atoms with van der Waals surface area (Å²) in [6.45, 7) is 6.01. The smallest absolute Gasteiger partial charge is 0.242 e. The third-order valence-electron chi connectivity index (χ3n) is 2.34. The molecule has 2 rings (SSSR count). The Bertz CT molecular complexity index is 341. The maximum Gasteiger partial charge on any atom is 0.242 e. The van der Waals surface area contributed by atoms with Crippen molar-refractivity contribution in [2.75, 3.05) is 24.5 Å². The highest BCUT2D eigenvalue weighted by Crippen LogP contribution is 2.25. The highest BCUT2D eigenvalue weighted by Gasteiger charge is 2.22. The zero-order valence-electron chi connectivity index (χ0n) is 8.33. The summed E-state index contributed by atoms with van der Waals surface area (Å²) in [7, 11) is 0. The lowest BCUT2D eigenvalue weighted by Crippen LogP contribution is -2.48. The molecule has 1 amide bonds. The molecule has 0 aliphatic carbocycles. The van der Waals surface area contributed by atoms with E-state index in [-0.39, 0.29) is 5.91 Å². The summed E-state index contributed by atoms with van der Waals surface area (Å²) >= 11 is 1.59. The Balaban J connectivity index is 2.24. The summed E-state index contributed by atoms with van der Waals surface area (Å²) < 4.78 is 0. The summed E-state index contributed by atoms with van der Waals surface area (Å²) in [5, 5.41) is 3.88. The van der Waals surface area contributed by atoms with Crippen molar-refractivity contribution >= 4 is 22.4 Å². The average Bonchev–Trinajstić information content (AvgIpc) is 2.48. The van der Waals surface area contributed by atoms with E-state index in [2.05, 4.69) is 10.3 Å².